The number of amides is 2. The molecule has 184 valence electrons. The van der Waals surface area contributed by atoms with Crippen LogP contribution >= 0.6 is 24.0 Å². The van der Waals surface area contributed by atoms with Crippen LogP contribution in [-0.2, 0) is 4.79 Å². The Morgan fingerprint density at radius 1 is 1.15 bits per heavy atom. The summed E-state index contributed by atoms with van der Waals surface area (Å²) in [7, 11) is 0. The zero-order valence-electron chi connectivity index (χ0n) is 19.7. The van der Waals surface area contributed by atoms with Crippen LogP contribution in [0.3, 0.4) is 0 Å². The first-order chi connectivity index (χ1) is 15.5. The van der Waals surface area contributed by atoms with Gasteiger partial charge in [0.05, 0.1) is 6.54 Å². The highest BCUT2D eigenvalue weighted by Crippen LogP contribution is 2.26. The highest BCUT2D eigenvalue weighted by Gasteiger charge is 2.31. The summed E-state index contributed by atoms with van der Waals surface area (Å²) in [6.07, 6.45) is 6.53. The fourth-order valence-electron chi connectivity index (χ4n) is 4.37. The van der Waals surface area contributed by atoms with Crippen molar-refractivity contribution in [2.24, 2.45) is 10.9 Å². The maximum absolute atomic E-state index is 13.7. The second kappa shape index (κ2) is 13.7. The highest BCUT2D eigenvalue weighted by atomic mass is 127. The first kappa shape index (κ1) is 27.3. The maximum atomic E-state index is 13.7. The number of hydrogen-bond donors (Lipinski definition) is 3. The quantitative estimate of drug-likeness (QED) is 0.203. The van der Waals surface area contributed by atoms with E-state index in [-0.39, 0.29) is 47.7 Å². The molecule has 1 saturated carbocycles. The van der Waals surface area contributed by atoms with Crippen LogP contribution in [0.2, 0.25) is 0 Å². The zero-order chi connectivity index (χ0) is 22.9. The molecule has 2 amide bonds. The fourth-order valence-corrected chi connectivity index (χ4v) is 4.37. The third kappa shape index (κ3) is 8.12. The van der Waals surface area contributed by atoms with Crippen LogP contribution in [0, 0.1) is 18.7 Å². The molecule has 2 aliphatic rings. The summed E-state index contributed by atoms with van der Waals surface area (Å²) in [5, 5.41) is 9.42. The lowest BCUT2D eigenvalue weighted by Gasteiger charge is -2.26. The van der Waals surface area contributed by atoms with Gasteiger partial charge in [0.2, 0.25) is 5.91 Å². The third-order valence-corrected chi connectivity index (χ3v) is 6.24. The van der Waals surface area contributed by atoms with Crippen LogP contribution in [0.1, 0.15) is 61.4 Å². The summed E-state index contributed by atoms with van der Waals surface area (Å²) in [5.41, 5.74) is 0.814. The second-order valence-electron chi connectivity index (χ2n) is 8.73. The van der Waals surface area contributed by atoms with Crippen LogP contribution in [0.25, 0.3) is 0 Å². The topological polar surface area (TPSA) is 85.8 Å². The van der Waals surface area contributed by atoms with Crippen molar-refractivity contribution in [2.45, 2.75) is 58.4 Å². The third-order valence-electron chi connectivity index (χ3n) is 6.24. The number of nitrogens with one attached hydrogen (secondary N) is 3. The van der Waals surface area contributed by atoms with Crippen molar-refractivity contribution < 1.29 is 14.0 Å². The molecular weight excluding hydrogens is 536 g/mol. The summed E-state index contributed by atoms with van der Waals surface area (Å²) in [4.78, 5) is 31.5. The van der Waals surface area contributed by atoms with Crippen LogP contribution in [0.5, 0.6) is 0 Å². The molecule has 0 radical (unpaired) electrons. The van der Waals surface area contributed by atoms with Crippen molar-refractivity contribution in [1.29, 1.82) is 0 Å². The molecule has 1 aromatic carbocycles. The standard InChI is InChI=1S/C24H36FN5O2.HI/c1-3-26-24(28-13-12-27-22(31)19-10-9-17(2)21(25)15-19)29-20-11-14-30(16-20)23(32)18-7-5-4-6-8-18;/h9-10,15,18,20H,3-8,11-14,16H2,1-2H3,(H,27,31)(H2,26,28,29);1H. The molecule has 1 aliphatic heterocycles. The van der Waals surface area contributed by atoms with Gasteiger partial charge in [-0.25, -0.2) is 4.39 Å². The van der Waals surface area contributed by atoms with Crippen LogP contribution in [0.4, 0.5) is 4.39 Å². The first-order valence-corrected chi connectivity index (χ1v) is 11.9. The molecule has 3 rings (SSSR count). The van der Waals surface area contributed by atoms with Crippen molar-refractivity contribution in [2.75, 3.05) is 32.7 Å². The summed E-state index contributed by atoms with van der Waals surface area (Å²) < 4.78 is 13.7. The first-order valence-electron chi connectivity index (χ1n) is 11.9. The van der Waals surface area contributed by atoms with Gasteiger partial charge in [0.15, 0.2) is 5.96 Å². The number of carbonyl (C=O) groups excluding carboxylic acids is 2. The number of aryl methyl sites for hydroxylation is 1. The summed E-state index contributed by atoms with van der Waals surface area (Å²) in [6.45, 7) is 6.62. The Balaban J connectivity index is 0.00000385. The molecule has 1 aliphatic carbocycles. The minimum Gasteiger partial charge on any atom is -0.357 e. The van der Waals surface area contributed by atoms with Crippen LogP contribution in [0.15, 0.2) is 23.2 Å². The van der Waals surface area contributed by atoms with Gasteiger partial charge in [-0.05, 0) is 50.8 Å². The summed E-state index contributed by atoms with van der Waals surface area (Å²) in [6, 6.07) is 4.63. The number of guanidine groups is 1. The molecule has 1 heterocycles. The van der Waals surface area contributed by atoms with Gasteiger partial charge >= 0.3 is 0 Å². The molecule has 1 aromatic rings. The number of halogens is 2. The van der Waals surface area contributed by atoms with Gasteiger partial charge in [-0.2, -0.15) is 0 Å². The lowest BCUT2D eigenvalue weighted by atomic mass is 9.88. The second-order valence-corrected chi connectivity index (χ2v) is 8.73. The minimum absolute atomic E-state index is 0. The molecule has 0 bridgehead atoms. The molecule has 3 N–H and O–H groups in total. The molecular formula is C24H37FIN5O2. The summed E-state index contributed by atoms with van der Waals surface area (Å²) in [5.74, 6) is 0.493. The van der Waals surface area contributed by atoms with E-state index in [0.29, 0.717) is 42.6 Å². The van der Waals surface area contributed by atoms with E-state index in [0.717, 1.165) is 32.4 Å². The van der Waals surface area contributed by atoms with Crippen LogP contribution in [-0.4, -0.2) is 61.4 Å². The monoisotopic (exact) mass is 573 g/mol. The Bertz CT molecular complexity index is 829. The number of likely N-dealkylation sites (tertiary alicyclic amines) is 1. The Morgan fingerprint density at radius 2 is 1.91 bits per heavy atom. The number of aliphatic imine (C=N–C) groups is 1. The number of rotatable bonds is 7. The van der Waals surface area contributed by atoms with Crippen molar-refractivity contribution in [3.63, 3.8) is 0 Å². The van der Waals surface area contributed by atoms with Gasteiger partial charge in [-0.15, -0.1) is 24.0 Å². The maximum Gasteiger partial charge on any atom is 0.251 e. The zero-order valence-corrected chi connectivity index (χ0v) is 22.0. The molecule has 9 heteroatoms. The minimum atomic E-state index is -0.387. The van der Waals surface area contributed by atoms with Gasteiger partial charge in [0, 0.05) is 43.7 Å². The van der Waals surface area contributed by atoms with Crippen molar-refractivity contribution in [3.8, 4) is 0 Å². The predicted molar refractivity (Wildman–Crippen MR) is 140 cm³/mol. The Hall–Kier alpha value is -1.91. The Labute approximate surface area is 213 Å². The van der Waals surface area contributed by atoms with Crippen molar-refractivity contribution in [1.82, 2.24) is 20.9 Å². The molecule has 7 nitrogen and oxygen atoms in total. The van der Waals surface area contributed by atoms with Gasteiger partial charge in [-0.1, -0.05) is 25.3 Å². The van der Waals surface area contributed by atoms with E-state index >= 15 is 0 Å². The van der Waals surface area contributed by atoms with E-state index in [1.807, 2.05) is 11.8 Å². The molecule has 0 aromatic heterocycles. The number of nitrogens with zero attached hydrogens (tertiary/aromatic N) is 2. The van der Waals surface area contributed by atoms with E-state index in [2.05, 4.69) is 20.9 Å². The molecule has 1 atom stereocenters. The molecule has 33 heavy (non-hydrogen) atoms. The largest absolute Gasteiger partial charge is 0.357 e. The van der Waals surface area contributed by atoms with E-state index in [4.69, 9.17) is 0 Å². The van der Waals surface area contributed by atoms with E-state index in [1.165, 1.54) is 25.3 Å². The Morgan fingerprint density at radius 3 is 2.61 bits per heavy atom. The molecule has 0 spiro atoms. The smallest absolute Gasteiger partial charge is 0.251 e. The van der Waals surface area contributed by atoms with Gasteiger partial charge in [0.1, 0.15) is 5.82 Å². The normalized spacial score (nSPS) is 19.1. The average Bonchev–Trinajstić information content (AvgIpc) is 3.27. The summed E-state index contributed by atoms with van der Waals surface area (Å²) >= 11 is 0. The highest BCUT2D eigenvalue weighted by molar-refractivity contribution is 14.0. The number of carbonyl (C=O) groups is 2. The van der Waals surface area contributed by atoms with E-state index in [9.17, 15) is 14.0 Å². The molecule has 2 fully saturated rings. The average molecular weight is 573 g/mol. The van der Waals surface area contributed by atoms with Crippen LogP contribution < -0.4 is 16.0 Å². The van der Waals surface area contributed by atoms with Gasteiger partial charge in [-0.3, -0.25) is 14.6 Å². The van der Waals surface area contributed by atoms with Crippen molar-refractivity contribution in [3.05, 3.63) is 35.1 Å². The van der Waals surface area contributed by atoms with Gasteiger partial charge in [0.25, 0.3) is 5.91 Å². The van der Waals surface area contributed by atoms with Gasteiger partial charge < -0.3 is 20.9 Å². The Kier molecular flexibility index (Phi) is 11.4. The van der Waals surface area contributed by atoms with Crippen molar-refractivity contribution >= 4 is 41.8 Å². The van der Waals surface area contributed by atoms with E-state index < -0.39 is 0 Å². The lowest BCUT2D eigenvalue weighted by molar-refractivity contribution is -0.135. The molecule has 1 unspecified atom stereocenters. The number of benzene rings is 1. The SMILES string of the molecule is CCNC(=NCCNC(=O)c1ccc(C)c(F)c1)NC1CCN(C(=O)C2CCCCC2)C1.I. The lowest BCUT2D eigenvalue weighted by Crippen LogP contribution is -2.46. The van der Waals surface area contributed by atoms with E-state index in [1.54, 1.807) is 19.1 Å². The number of hydrogen-bond acceptors (Lipinski definition) is 3. The fraction of sp³-hybridized carbons (Fsp3) is 0.625. The predicted octanol–water partition coefficient (Wildman–Crippen LogP) is 3.22. The molecule has 1 saturated heterocycles.